The van der Waals surface area contributed by atoms with Crippen LogP contribution < -0.4 is 4.90 Å². The molecule has 0 aromatic carbocycles. The zero-order valence-electron chi connectivity index (χ0n) is 9.33. The molecule has 0 aliphatic rings. The molecule has 19 heavy (non-hydrogen) atoms. The highest BCUT2D eigenvalue weighted by Crippen LogP contribution is 2.28. The van der Waals surface area contributed by atoms with Crippen molar-refractivity contribution in [1.82, 2.24) is 9.97 Å². The fourth-order valence-corrected chi connectivity index (χ4v) is 1.25. The Morgan fingerprint density at radius 3 is 2.26 bits per heavy atom. The van der Waals surface area contributed by atoms with Crippen LogP contribution in [0.4, 0.5) is 32.3 Å². The van der Waals surface area contributed by atoms with E-state index in [1.54, 1.807) is 0 Å². The summed E-state index contributed by atoms with van der Waals surface area (Å²) in [6.45, 7) is -2.74. The number of aromatic nitrogens is 2. The third-order valence-electron chi connectivity index (χ3n) is 1.96. The predicted molar refractivity (Wildman–Crippen MR) is 52.4 cm³/mol. The number of aliphatic hydroxyl groups is 1. The lowest BCUT2D eigenvalue weighted by atomic mass is 10.4. The molecule has 0 spiro atoms. The molecule has 108 valence electrons. The largest absolute Gasteiger partial charge is 0.433 e. The second-order valence-electron chi connectivity index (χ2n) is 3.50. The molecule has 1 aromatic rings. The summed E-state index contributed by atoms with van der Waals surface area (Å²) in [4.78, 5) is 6.81. The molecule has 0 fully saturated rings. The fourth-order valence-electron chi connectivity index (χ4n) is 1.25. The molecule has 0 aliphatic heterocycles. The van der Waals surface area contributed by atoms with Crippen molar-refractivity contribution in [2.75, 3.05) is 24.6 Å². The zero-order valence-corrected chi connectivity index (χ0v) is 9.33. The number of aliphatic hydroxyl groups excluding tert-OH is 1. The molecule has 4 nitrogen and oxygen atoms in total. The molecule has 0 saturated heterocycles. The zero-order chi connectivity index (χ0) is 14.7. The summed E-state index contributed by atoms with van der Waals surface area (Å²) in [5, 5.41) is 8.64. The Hall–Kier alpha value is -1.58. The Bertz CT molecular complexity index is 419. The van der Waals surface area contributed by atoms with Crippen molar-refractivity contribution in [1.29, 1.82) is 0 Å². The number of rotatable bonds is 4. The van der Waals surface area contributed by atoms with E-state index in [0.29, 0.717) is 17.2 Å². The summed E-state index contributed by atoms with van der Waals surface area (Å²) >= 11 is 0. The maximum absolute atomic E-state index is 12.4. The Morgan fingerprint density at radius 2 is 1.79 bits per heavy atom. The molecule has 0 amide bonds. The van der Waals surface area contributed by atoms with Crippen molar-refractivity contribution >= 4 is 5.95 Å². The quantitative estimate of drug-likeness (QED) is 0.860. The summed E-state index contributed by atoms with van der Waals surface area (Å²) in [6.07, 6.45) is -8.71. The third kappa shape index (κ3) is 4.89. The van der Waals surface area contributed by atoms with Gasteiger partial charge in [-0.15, -0.1) is 0 Å². The van der Waals surface area contributed by atoms with Gasteiger partial charge in [0.05, 0.1) is 6.61 Å². The number of alkyl halides is 6. The molecule has 0 saturated carbocycles. The highest BCUT2D eigenvalue weighted by atomic mass is 19.4. The molecule has 0 atom stereocenters. The van der Waals surface area contributed by atoms with Gasteiger partial charge < -0.3 is 10.0 Å². The van der Waals surface area contributed by atoms with Gasteiger partial charge in [-0.25, -0.2) is 9.97 Å². The monoisotopic (exact) mass is 289 g/mol. The first-order valence-electron chi connectivity index (χ1n) is 4.96. The van der Waals surface area contributed by atoms with Gasteiger partial charge in [-0.3, -0.25) is 0 Å². The van der Waals surface area contributed by atoms with Crippen LogP contribution in [0, 0.1) is 0 Å². The van der Waals surface area contributed by atoms with Gasteiger partial charge in [0.25, 0.3) is 0 Å². The van der Waals surface area contributed by atoms with E-state index >= 15 is 0 Å². The van der Waals surface area contributed by atoms with Gasteiger partial charge in [0.2, 0.25) is 5.95 Å². The van der Waals surface area contributed by atoms with Crippen LogP contribution in [0.25, 0.3) is 0 Å². The molecule has 1 aromatic heterocycles. The van der Waals surface area contributed by atoms with E-state index in [-0.39, 0.29) is 0 Å². The molecule has 10 heteroatoms. The van der Waals surface area contributed by atoms with Gasteiger partial charge in [-0.05, 0) is 6.07 Å². The molecule has 1 rings (SSSR count). The lowest BCUT2D eigenvalue weighted by molar-refractivity contribution is -0.141. The van der Waals surface area contributed by atoms with E-state index in [9.17, 15) is 26.3 Å². The number of nitrogens with zero attached hydrogens (tertiary/aromatic N) is 3. The summed E-state index contributed by atoms with van der Waals surface area (Å²) in [5.41, 5.74) is -1.34. The van der Waals surface area contributed by atoms with Crippen LogP contribution in [0.5, 0.6) is 0 Å². The van der Waals surface area contributed by atoms with Gasteiger partial charge in [-0.1, -0.05) is 0 Å². The van der Waals surface area contributed by atoms with E-state index in [1.807, 2.05) is 0 Å². The molecular weight excluding hydrogens is 280 g/mol. The van der Waals surface area contributed by atoms with Crippen LogP contribution in [0.15, 0.2) is 12.3 Å². The van der Waals surface area contributed by atoms with Gasteiger partial charge in [0.15, 0.2) is 0 Å². The minimum Gasteiger partial charge on any atom is -0.395 e. The lowest BCUT2D eigenvalue weighted by Crippen LogP contribution is -2.37. The predicted octanol–water partition coefficient (Wildman–Crippen LogP) is 1.86. The van der Waals surface area contributed by atoms with Gasteiger partial charge in [-0.2, -0.15) is 26.3 Å². The minimum atomic E-state index is -4.78. The molecule has 0 bridgehead atoms. The van der Waals surface area contributed by atoms with E-state index in [4.69, 9.17) is 5.11 Å². The maximum Gasteiger partial charge on any atom is 0.433 e. The fraction of sp³-hybridized carbons (Fsp3) is 0.556. The average molecular weight is 289 g/mol. The normalized spacial score (nSPS) is 12.6. The van der Waals surface area contributed by atoms with Gasteiger partial charge in [0, 0.05) is 12.7 Å². The van der Waals surface area contributed by atoms with Gasteiger partial charge in [0.1, 0.15) is 12.2 Å². The van der Waals surface area contributed by atoms with Crippen LogP contribution in [-0.4, -0.2) is 40.9 Å². The van der Waals surface area contributed by atoms with Crippen molar-refractivity contribution in [2.24, 2.45) is 0 Å². The maximum atomic E-state index is 12.4. The standard InChI is InChI=1S/C9H9F6N3O/c10-8(11,12)5-18(3-4-19)7-16-2-1-6(17-7)9(13,14)15/h1-2,19H,3-5H2. The number of hydrogen-bond acceptors (Lipinski definition) is 4. The molecular formula is C9H9F6N3O. The summed E-state index contributed by atoms with van der Waals surface area (Å²) in [6, 6.07) is 0.550. The topological polar surface area (TPSA) is 49.2 Å². The Kier molecular flexibility index (Phi) is 4.56. The summed E-state index contributed by atoms with van der Waals surface area (Å²) in [7, 11) is 0. The van der Waals surface area contributed by atoms with Crippen LogP contribution in [-0.2, 0) is 6.18 Å². The molecule has 0 unspecified atom stereocenters. The van der Waals surface area contributed by atoms with Crippen LogP contribution in [0.2, 0.25) is 0 Å². The van der Waals surface area contributed by atoms with E-state index in [1.165, 1.54) is 0 Å². The van der Waals surface area contributed by atoms with Crippen molar-refractivity contribution in [2.45, 2.75) is 12.4 Å². The van der Waals surface area contributed by atoms with E-state index in [2.05, 4.69) is 9.97 Å². The SMILES string of the molecule is OCCN(CC(F)(F)F)c1nccc(C(F)(F)F)n1. The first kappa shape index (κ1) is 15.5. The average Bonchev–Trinajstić information content (AvgIpc) is 2.26. The van der Waals surface area contributed by atoms with Gasteiger partial charge >= 0.3 is 12.4 Å². The third-order valence-corrected chi connectivity index (χ3v) is 1.96. The highest BCUT2D eigenvalue weighted by Gasteiger charge is 2.35. The van der Waals surface area contributed by atoms with Crippen molar-refractivity contribution in [3.8, 4) is 0 Å². The number of anilines is 1. The minimum absolute atomic E-state index is 0.426. The summed E-state index contributed by atoms with van der Waals surface area (Å²) < 4.78 is 73.9. The van der Waals surface area contributed by atoms with Crippen LogP contribution >= 0.6 is 0 Å². The first-order chi connectivity index (χ1) is 8.63. The Balaban J connectivity index is 3.03. The van der Waals surface area contributed by atoms with E-state index < -0.39 is 43.7 Å². The Morgan fingerprint density at radius 1 is 1.16 bits per heavy atom. The second-order valence-corrected chi connectivity index (χ2v) is 3.50. The van der Waals surface area contributed by atoms with Crippen LogP contribution in [0.1, 0.15) is 5.69 Å². The first-order valence-corrected chi connectivity index (χ1v) is 4.96. The lowest BCUT2D eigenvalue weighted by Gasteiger charge is -2.23. The van der Waals surface area contributed by atoms with E-state index in [0.717, 1.165) is 0 Å². The smallest absolute Gasteiger partial charge is 0.395 e. The van der Waals surface area contributed by atoms with Crippen molar-refractivity contribution < 1.29 is 31.4 Å². The second kappa shape index (κ2) is 5.59. The van der Waals surface area contributed by atoms with Crippen molar-refractivity contribution in [3.63, 3.8) is 0 Å². The van der Waals surface area contributed by atoms with Crippen LogP contribution in [0.3, 0.4) is 0 Å². The molecule has 0 aliphatic carbocycles. The number of halogens is 6. The van der Waals surface area contributed by atoms with Crippen molar-refractivity contribution in [3.05, 3.63) is 18.0 Å². The summed E-state index contributed by atoms with van der Waals surface area (Å²) in [5.74, 6) is -0.735. The molecule has 1 heterocycles. The Labute approximate surface area is 103 Å². The molecule has 0 radical (unpaired) electrons. The highest BCUT2D eigenvalue weighted by molar-refractivity contribution is 5.31. The number of hydrogen-bond donors (Lipinski definition) is 1. The molecule has 1 N–H and O–H groups in total.